The van der Waals surface area contributed by atoms with Crippen molar-refractivity contribution in [1.29, 1.82) is 0 Å². The quantitative estimate of drug-likeness (QED) is 0.205. The van der Waals surface area contributed by atoms with Gasteiger partial charge in [0.25, 0.3) is 0 Å². The van der Waals surface area contributed by atoms with Crippen molar-refractivity contribution in [2.75, 3.05) is 13.1 Å². The van der Waals surface area contributed by atoms with Crippen molar-refractivity contribution in [2.24, 2.45) is 0 Å². The van der Waals surface area contributed by atoms with E-state index in [0.29, 0.717) is 17.4 Å². The Kier molecular flexibility index (Phi) is 6.95. The highest BCUT2D eigenvalue weighted by atomic mass is 19.4. The molecule has 0 spiro atoms. The Morgan fingerprint density at radius 2 is 1.39 bits per heavy atom. The average Bonchev–Trinajstić information content (AvgIpc) is 3.77. The van der Waals surface area contributed by atoms with E-state index >= 15 is 0 Å². The molecule has 0 saturated carbocycles. The average molecular weight is 561 g/mol. The fourth-order valence-corrected chi connectivity index (χ4v) is 6.60. The number of hydrogen-bond donors (Lipinski definition) is 4. The van der Waals surface area contributed by atoms with Crippen molar-refractivity contribution < 1.29 is 13.2 Å². The number of benzene rings is 2. The molecule has 41 heavy (non-hydrogen) atoms. The van der Waals surface area contributed by atoms with Crippen molar-refractivity contribution in [3.8, 4) is 33.6 Å². The molecule has 7 rings (SSSR count). The lowest BCUT2D eigenvalue weighted by Gasteiger charge is -2.11. The van der Waals surface area contributed by atoms with Crippen molar-refractivity contribution in [3.63, 3.8) is 0 Å². The van der Waals surface area contributed by atoms with Crippen molar-refractivity contribution >= 4 is 0 Å². The maximum atomic E-state index is 13.1. The number of nitrogens with one attached hydrogen (secondary N) is 4. The standard InChI is InChI=1S/C32H35F3N6/c33-32(34,35)15-14-25-28(40-30(39-25)26-6-2-16-36-26)20-10-8-19(9-11-20)21-12-13-23-22(18-21)4-1-5-24-29(23)41-31(38-24)27-7-3-17-37-27/h8-13,18,26-27,36-37H,1-7,14-17H2,(H,38,41)(H,39,40)/t26-,27-/m0/s1. The van der Waals surface area contributed by atoms with Crippen LogP contribution < -0.4 is 10.6 Å². The second-order valence-electron chi connectivity index (χ2n) is 11.6. The highest BCUT2D eigenvalue weighted by Gasteiger charge is 2.29. The summed E-state index contributed by atoms with van der Waals surface area (Å²) in [5, 5.41) is 6.94. The molecule has 6 nitrogen and oxygen atoms in total. The van der Waals surface area contributed by atoms with Gasteiger partial charge in [-0.15, -0.1) is 0 Å². The Morgan fingerprint density at radius 1 is 0.732 bits per heavy atom. The zero-order chi connectivity index (χ0) is 28.0. The number of fused-ring (bicyclic) bond motifs is 3. The fraction of sp³-hybridized carbons (Fsp3) is 0.438. The molecule has 4 N–H and O–H groups in total. The van der Waals surface area contributed by atoms with Crippen LogP contribution in [0.2, 0.25) is 0 Å². The summed E-state index contributed by atoms with van der Waals surface area (Å²) in [5.41, 5.74) is 9.02. The minimum absolute atomic E-state index is 0.0628. The van der Waals surface area contributed by atoms with Gasteiger partial charge in [0.1, 0.15) is 11.6 Å². The van der Waals surface area contributed by atoms with Gasteiger partial charge in [-0.2, -0.15) is 13.2 Å². The van der Waals surface area contributed by atoms with Gasteiger partial charge in [-0.3, -0.25) is 0 Å². The maximum Gasteiger partial charge on any atom is 0.389 e. The summed E-state index contributed by atoms with van der Waals surface area (Å²) in [5.74, 6) is 1.79. The number of halogens is 3. The molecule has 214 valence electrons. The predicted octanol–water partition coefficient (Wildman–Crippen LogP) is 6.97. The molecule has 0 radical (unpaired) electrons. The zero-order valence-corrected chi connectivity index (χ0v) is 23.0. The zero-order valence-electron chi connectivity index (χ0n) is 23.0. The van der Waals surface area contributed by atoms with Crippen LogP contribution in [0, 0.1) is 0 Å². The highest BCUT2D eigenvalue weighted by molar-refractivity contribution is 5.75. The van der Waals surface area contributed by atoms with Gasteiger partial charge in [0.05, 0.1) is 23.5 Å². The number of alkyl halides is 3. The van der Waals surface area contributed by atoms with Crippen LogP contribution >= 0.6 is 0 Å². The van der Waals surface area contributed by atoms with E-state index in [2.05, 4.69) is 38.8 Å². The van der Waals surface area contributed by atoms with Crippen LogP contribution in [0.1, 0.15) is 79.2 Å². The molecular formula is C32H35F3N6. The summed E-state index contributed by atoms with van der Waals surface area (Å²) in [6.45, 7) is 1.94. The van der Waals surface area contributed by atoms with E-state index in [1.165, 1.54) is 23.2 Å². The van der Waals surface area contributed by atoms with Crippen LogP contribution in [0.4, 0.5) is 13.2 Å². The highest BCUT2D eigenvalue weighted by Crippen LogP contribution is 2.37. The second-order valence-corrected chi connectivity index (χ2v) is 11.6. The van der Waals surface area contributed by atoms with Gasteiger partial charge < -0.3 is 20.6 Å². The van der Waals surface area contributed by atoms with Gasteiger partial charge in [-0.25, -0.2) is 9.97 Å². The molecule has 4 aromatic rings. The van der Waals surface area contributed by atoms with E-state index in [0.717, 1.165) is 85.6 Å². The van der Waals surface area contributed by atoms with Crippen LogP contribution in [0.15, 0.2) is 42.5 Å². The monoisotopic (exact) mass is 560 g/mol. The largest absolute Gasteiger partial charge is 0.389 e. The first-order valence-corrected chi connectivity index (χ1v) is 14.9. The molecule has 2 aromatic carbocycles. The van der Waals surface area contributed by atoms with Crippen LogP contribution in [0.5, 0.6) is 0 Å². The number of aryl methyl sites for hydroxylation is 3. The third-order valence-electron chi connectivity index (χ3n) is 8.76. The van der Waals surface area contributed by atoms with Crippen LogP contribution in [-0.4, -0.2) is 39.2 Å². The summed E-state index contributed by atoms with van der Waals surface area (Å²) >= 11 is 0. The van der Waals surface area contributed by atoms with E-state index in [4.69, 9.17) is 9.97 Å². The minimum atomic E-state index is -4.21. The van der Waals surface area contributed by atoms with Crippen LogP contribution in [-0.2, 0) is 19.3 Å². The Bertz CT molecular complexity index is 1520. The van der Waals surface area contributed by atoms with E-state index in [1.807, 2.05) is 24.3 Å². The molecule has 9 heteroatoms. The Hall–Kier alpha value is -3.43. The fourth-order valence-electron chi connectivity index (χ4n) is 6.60. The van der Waals surface area contributed by atoms with Gasteiger partial charge in [0.2, 0.25) is 0 Å². The number of imidazole rings is 2. The summed E-state index contributed by atoms with van der Waals surface area (Å²) in [6.07, 6.45) is 2.13. The summed E-state index contributed by atoms with van der Waals surface area (Å²) < 4.78 is 39.2. The predicted molar refractivity (Wildman–Crippen MR) is 153 cm³/mol. The molecule has 3 aliphatic rings. The lowest BCUT2D eigenvalue weighted by Crippen LogP contribution is -2.14. The first-order valence-electron chi connectivity index (χ1n) is 14.9. The van der Waals surface area contributed by atoms with E-state index in [-0.39, 0.29) is 12.5 Å². The van der Waals surface area contributed by atoms with Gasteiger partial charge in [0.15, 0.2) is 0 Å². The lowest BCUT2D eigenvalue weighted by molar-refractivity contribution is -0.134. The molecular weight excluding hydrogens is 525 g/mol. The minimum Gasteiger partial charge on any atom is -0.344 e. The molecule has 1 aliphatic carbocycles. The molecule has 0 bridgehead atoms. The molecule has 0 unspecified atom stereocenters. The second kappa shape index (κ2) is 10.8. The molecule has 2 atom stereocenters. The van der Waals surface area contributed by atoms with Gasteiger partial charge in [-0.1, -0.05) is 42.5 Å². The summed E-state index contributed by atoms with van der Waals surface area (Å²) in [4.78, 5) is 16.7. The summed E-state index contributed by atoms with van der Waals surface area (Å²) in [7, 11) is 0. The van der Waals surface area contributed by atoms with Gasteiger partial charge in [0, 0.05) is 28.9 Å². The lowest BCUT2D eigenvalue weighted by atomic mass is 9.95. The van der Waals surface area contributed by atoms with Gasteiger partial charge in [-0.05, 0) is 81.1 Å². The first kappa shape index (κ1) is 26.5. The van der Waals surface area contributed by atoms with Crippen molar-refractivity contribution in [1.82, 2.24) is 30.6 Å². The molecule has 4 heterocycles. The number of aromatic amines is 2. The molecule has 2 fully saturated rings. The molecule has 2 saturated heterocycles. The van der Waals surface area contributed by atoms with Gasteiger partial charge >= 0.3 is 6.18 Å². The van der Waals surface area contributed by atoms with E-state index < -0.39 is 12.6 Å². The molecule has 2 aromatic heterocycles. The number of nitrogens with zero attached hydrogens (tertiary/aromatic N) is 2. The van der Waals surface area contributed by atoms with Crippen LogP contribution in [0.25, 0.3) is 33.6 Å². The summed E-state index contributed by atoms with van der Waals surface area (Å²) in [6, 6.07) is 15.1. The van der Waals surface area contributed by atoms with E-state index in [1.54, 1.807) is 0 Å². The third-order valence-corrected chi connectivity index (χ3v) is 8.76. The molecule has 0 amide bonds. The SMILES string of the molecule is FC(F)(F)CCc1[nH]c([C@@H]2CCCN2)nc1-c1ccc(-c2ccc3c(c2)CCCc2[nH]c([C@@H]4CCCN4)nc2-3)cc1. The Morgan fingerprint density at radius 3 is 2.07 bits per heavy atom. The van der Waals surface area contributed by atoms with E-state index in [9.17, 15) is 13.2 Å². The first-order chi connectivity index (χ1) is 19.9. The number of rotatable bonds is 6. The smallest absolute Gasteiger partial charge is 0.344 e. The number of hydrogen-bond acceptors (Lipinski definition) is 4. The maximum absolute atomic E-state index is 13.1. The Labute approximate surface area is 237 Å². The normalized spacial score (nSPS) is 20.7. The number of aromatic nitrogens is 4. The van der Waals surface area contributed by atoms with Crippen molar-refractivity contribution in [2.45, 2.75) is 76.0 Å². The number of H-pyrrole nitrogens is 2. The van der Waals surface area contributed by atoms with Crippen molar-refractivity contribution in [3.05, 3.63) is 71.1 Å². The third kappa shape index (κ3) is 5.45. The van der Waals surface area contributed by atoms with Crippen LogP contribution in [0.3, 0.4) is 0 Å². The topological polar surface area (TPSA) is 81.4 Å². The Balaban J connectivity index is 1.16. The molecule has 2 aliphatic heterocycles.